The lowest BCUT2D eigenvalue weighted by Crippen LogP contribution is -2.42. The monoisotopic (exact) mass is 191 g/mol. The van der Waals surface area contributed by atoms with E-state index >= 15 is 0 Å². The molecule has 2 nitrogen and oxygen atoms in total. The minimum atomic E-state index is -0.275. The molecule has 12 heavy (non-hydrogen) atoms. The van der Waals surface area contributed by atoms with E-state index in [9.17, 15) is 5.11 Å². The molecule has 0 rings (SSSR count). The van der Waals surface area contributed by atoms with E-state index in [-0.39, 0.29) is 16.9 Å². The Hall–Kier alpha value is 0.270. The van der Waals surface area contributed by atoms with Crippen molar-refractivity contribution in [3.63, 3.8) is 0 Å². The van der Waals surface area contributed by atoms with Crippen molar-refractivity contribution in [2.75, 3.05) is 12.8 Å². The van der Waals surface area contributed by atoms with E-state index in [0.717, 1.165) is 6.54 Å². The molecule has 0 fully saturated rings. The Morgan fingerprint density at radius 2 is 1.92 bits per heavy atom. The van der Waals surface area contributed by atoms with Crippen molar-refractivity contribution in [2.45, 2.75) is 44.6 Å². The average molecular weight is 191 g/mol. The molecule has 0 heterocycles. The highest BCUT2D eigenvalue weighted by Crippen LogP contribution is 2.19. The third-order valence-corrected chi connectivity index (χ3v) is 3.38. The summed E-state index contributed by atoms with van der Waals surface area (Å²) in [4.78, 5) is 0. The molecule has 0 aromatic rings. The molecular formula is C9H21NOS. The molecule has 0 aromatic carbocycles. The third-order valence-electron chi connectivity index (χ3n) is 2.13. The van der Waals surface area contributed by atoms with Gasteiger partial charge in [0.05, 0.1) is 6.10 Å². The lowest BCUT2D eigenvalue weighted by Gasteiger charge is -2.26. The minimum Gasteiger partial charge on any atom is -0.392 e. The van der Waals surface area contributed by atoms with Gasteiger partial charge in [0.25, 0.3) is 0 Å². The van der Waals surface area contributed by atoms with Gasteiger partial charge in [0.2, 0.25) is 0 Å². The molecule has 0 saturated heterocycles. The van der Waals surface area contributed by atoms with Crippen molar-refractivity contribution in [1.29, 1.82) is 0 Å². The van der Waals surface area contributed by atoms with Gasteiger partial charge in [-0.3, -0.25) is 0 Å². The Morgan fingerprint density at radius 1 is 1.42 bits per heavy atom. The maximum absolute atomic E-state index is 9.22. The van der Waals surface area contributed by atoms with Crippen molar-refractivity contribution in [3.05, 3.63) is 0 Å². The molecule has 2 unspecified atom stereocenters. The number of thioether (sulfide) groups is 1. The predicted octanol–water partition coefficient (Wildman–Crippen LogP) is 1.49. The van der Waals surface area contributed by atoms with Gasteiger partial charge < -0.3 is 10.4 Å². The summed E-state index contributed by atoms with van der Waals surface area (Å²) in [7, 11) is 0. The van der Waals surface area contributed by atoms with Crippen LogP contribution in [-0.4, -0.2) is 34.8 Å². The molecule has 0 saturated carbocycles. The van der Waals surface area contributed by atoms with E-state index in [1.807, 2.05) is 25.6 Å². The highest BCUT2D eigenvalue weighted by molar-refractivity contribution is 7.99. The Kier molecular flexibility index (Phi) is 5.21. The zero-order valence-corrected chi connectivity index (χ0v) is 9.53. The van der Waals surface area contributed by atoms with Crippen molar-refractivity contribution >= 4 is 11.8 Å². The molecule has 0 aromatic heterocycles. The van der Waals surface area contributed by atoms with E-state index in [2.05, 4.69) is 25.4 Å². The van der Waals surface area contributed by atoms with Crippen LogP contribution in [0.15, 0.2) is 0 Å². The van der Waals surface area contributed by atoms with Crippen LogP contribution in [0.1, 0.15) is 27.7 Å². The van der Waals surface area contributed by atoms with Gasteiger partial charge in [-0.25, -0.2) is 0 Å². The maximum atomic E-state index is 9.22. The van der Waals surface area contributed by atoms with Crippen LogP contribution in [0.25, 0.3) is 0 Å². The summed E-state index contributed by atoms with van der Waals surface area (Å²) in [5.74, 6) is 0. The van der Waals surface area contributed by atoms with Crippen molar-refractivity contribution in [1.82, 2.24) is 5.32 Å². The van der Waals surface area contributed by atoms with E-state index in [1.54, 1.807) is 0 Å². The molecule has 0 bridgehead atoms. The summed E-state index contributed by atoms with van der Waals surface area (Å²) in [6.07, 6.45) is 1.83. The summed E-state index contributed by atoms with van der Waals surface area (Å²) in [6.45, 7) is 9.13. The first-order valence-corrected chi connectivity index (χ1v) is 5.58. The highest BCUT2D eigenvalue weighted by Gasteiger charge is 2.17. The zero-order chi connectivity index (χ0) is 9.78. The number of nitrogens with one attached hydrogen (secondary N) is 1. The summed E-state index contributed by atoms with van der Waals surface area (Å²) >= 11 is 1.84. The number of hydrogen-bond donors (Lipinski definition) is 2. The first kappa shape index (κ1) is 12.3. The third kappa shape index (κ3) is 5.01. The first-order chi connectivity index (χ1) is 5.39. The van der Waals surface area contributed by atoms with Gasteiger partial charge in [0.15, 0.2) is 0 Å². The van der Waals surface area contributed by atoms with E-state index in [1.165, 1.54) is 0 Å². The summed E-state index contributed by atoms with van der Waals surface area (Å²) in [5, 5.41) is 12.5. The summed E-state index contributed by atoms with van der Waals surface area (Å²) in [6, 6.07) is 0.177. The van der Waals surface area contributed by atoms with E-state index < -0.39 is 0 Å². The van der Waals surface area contributed by atoms with Crippen LogP contribution in [0.2, 0.25) is 0 Å². The van der Waals surface area contributed by atoms with Gasteiger partial charge in [-0.15, -0.1) is 0 Å². The van der Waals surface area contributed by atoms with Crippen LogP contribution in [0.4, 0.5) is 0 Å². The molecule has 0 aliphatic rings. The maximum Gasteiger partial charge on any atom is 0.0662 e. The lowest BCUT2D eigenvalue weighted by atomic mass is 10.1. The second-order valence-corrected chi connectivity index (χ2v) is 5.39. The fraction of sp³-hybridized carbons (Fsp3) is 1.00. The van der Waals surface area contributed by atoms with E-state index in [0.29, 0.717) is 0 Å². The molecule has 0 aliphatic heterocycles. The fourth-order valence-corrected chi connectivity index (χ4v) is 0.877. The van der Waals surface area contributed by atoms with Crippen LogP contribution >= 0.6 is 11.8 Å². The number of aliphatic hydroxyl groups is 1. The SMILES string of the molecule is CSC(C)(C)CNC(C)C(C)O. The number of hydrogen-bond acceptors (Lipinski definition) is 3. The molecule has 0 aliphatic carbocycles. The molecule has 0 spiro atoms. The highest BCUT2D eigenvalue weighted by atomic mass is 32.2. The Labute approximate surface area is 80.1 Å². The zero-order valence-electron chi connectivity index (χ0n) is 8.72. The normalized spacial score (nSPS) is 17.5. The van der Waals surface area contributed by atoms with Gasteiger partial charge >= 0.3 is 0 Å². The minimum absolute atomic E-state index is 0.177. The second kappa shape index (κ2) is 5.10. The van der Waals surface area contributed by atoms with Crippen molar-refractivity contribution in [3.8, 4) is 0 Å². The molecule has 0 radical (unpaired) electrons. The van der Waals surface area contributed by atoms with Crippen LogP contribution in [0.3, 0.4) is 0 Å². The summed E-state index contributed by atoms with van der Waals surface area (Å²) < 4.78 is 0.253. The van der Waals surface area contributed by atoms with Gasteiger partial charge in [0, 0.05) is 17.3 Å². The number of aliphatic hydroxyl groups excluding tert-OH is 1. The molecular weight excluding hydrogens is 170 g/mol. The van der Waals surface area contributed by atoms with Gasteiger partial charge in [-0.05, 0) is 34.0 Å². The summed E-state index contributed by atoms with van der Waals surface area (Å²) in [5.41, 5.74) is 0. The quantitative estimate of drug-likeness (QED) is 0.690. The first-order valence-electron chi connectivity index (χ1n) is 4.35. The molecule has 74 valence electrons. The molecule has 2 atom stereocenters. The Balaban J connectivity index is 3.67. The van der Waals surface area contributed by atoms with Crippen molar-refractivity contribution in [2.24, 2.45) is 0 Å². The lowest BCUT2D eigenvalue weighted by molar-refractivity contribution is 0.152. The van der Waals surface area contributed by atoms with Crippen LogP contribution in [0.5, 0.6) is 0 Å². The van der Waals surface area contributed by atoms with Gasteiger partial charge in [0.1, 0.15) is 0 Å². The number of rotatable bonds is 5. The standard InChI is InChI=1S/C9H21NOS/c1-7(8(2)11)10-6-9(3,4)12-5/h7-8,10-11H,6H2,1-5H3. The Bertz CT molecular complexity index is 126. The van der Waals surface area contributed by atoms with E-state index in [4.69, 9.17) is 0 Å². The Morgan fingerprint density at radius 3 is 2.25 bits per heavy atom. The molecule has 3 heteroatoms. The van der Waals surface area contributed by atoms with Crippen LogP contribution in [-0.2, 0) is 0 Å². The van der Waals surface area contributed by atoms with Gasteiger partial charge in [-0.2, -0.15) is 11.8 Å². The van der Waals surface area contributed by atoms with Crippen molar-refractivity contribution < 1.29 is 5.11 Å². The molecule has 2 N–H and O–H groups in total. The largest absolute Gasteiger partial charge is 0.392 e. The molecule has 0 amide bonds. The van der Waals surface area contributed by atoms with Gasteiger partial charge in [-0.1, -0.05) is 0 Å². The van der Waals surface area contributed by atoms with Crippen LogP contribution < -0.4 is 5.32 Å². The second-order valence-electron chi connectivity index (χ2n) is 3.87. The topological polar surface area (TPSA) is 32.3 Å². The fourth-order valence-electron chi connectivity index (χ4n) is 0.650. The predicted molar refractivity (Wildman–Crippen MR) is 56.7 cm³/mol. The smallest absolute Gasteiger partial charge is 0.0662 e. The van der Waals surface area contributed by atoms with Crippen LogP contribution in [0, 0.1) is 0 Å². The average Bonchev–Trinajstić information content (AvgIpc) is 2.00.